The normalized spacial score (nSPS) is 15.7. The molecule has 0 spiro atoms. The number of aliphatic hydroxyl groups is 1. The zero-order chi connectivity index (χ0) is 18.8. The van der Waals surface area contributed by atoms with Crippen LogP contribution in [0, 0.1) is 0 Å². The van der Waals surface area contributed by atoms with Gasteiger partial charge in [-0.05, 0) is 35.4 Å². The number of phenols is 2. The summed E-state index contributed by atoms with van der Waals surface area (Å²) in [5, 5.41) is 29.3. The minimum absolute atomic E-state index is 0.00434. The van der Waals surface area contributed by atoms with E-state index in [0.717, 1.165) is 7.11 Å². The number of hydrogen-bond donors (Lipinski definition) is 3. The van der Waals surface area contributed by atoms with Crippen LogP contribution in [0.5, 0.6) is 11.5 Å². The quantitative estimate of drug-likeness (QED) is 0.573. The zero-order valence-corrected chi connectivity index (χ0v) is 13.6. The first-order valence-corrected chi connectivity index (χ1v) is 7.49. The van der Waals surface area contributed by atoms with Crippen LogP contribution in [0.15, 0.2) is 60.0 Å². The van der Waals surface area contributed by atoms with Gasteiger partial charge in [-0.3, -0.25) is 0 Å². The number of ether oxygens (including phenoxy) is 2. The maximum absolute atomic E-state index is 12.3. The van der Waals surface area contributed by atoms with E-state index in [2.05, 4.69) is 0 Å². The Morgan fingerprint density at radius 1 is 0.923 bits per heavy atom. The van der Waals surface area contributed by atoms with Gasteiger partial charge in [0.1, 0.15) is 22.6 Å². The van der Waals surface area contributed by atoms with Gasteiger partial charge in [0.05, 0.1) is 7.11 Å². The van der Waals surface area contributed by atoms with Gasteiger partial charge in [-0.25, -0.2) is 9.59 Å². The van der Waals surface area contributed by atoms with Crippen molar-refractivity contribution in [2.45, 2.75) is 0 Å². The molecular formula is C19H14O7. The van der Waals surface area contributed by atoms with Gasteiger partial charge in [0.25, 0.3) is 0 Å². The molecule has 0 saturated heterocycles. The number of benzene rings is 2. The van der Waals surface area contributed by atoms with Crippen molar-refractivity contribution in [3.05, 3.63) is 71.2 Å². The summed E-state index contributed by atoms with van der Waals surface area (Å²) >= 11 is 0. The predicted molar refractivity (Wildman–Crippen MR) is 90.8 cm³/mol. The van der Waals surface area contributed by atoms with Crippen molar-refractivity contribution < 1.29 is 34.4 Å². The lowest BCUT2D eigenvalue weighted by Gasteiger charge is -2.09. The summed E-state index contributed by atoms with van der Waals surface area (Å²) in [6, 6.07) is 11.1. The molecule has 0 unspecified atom stereocenters. The van der Waals surface area contributed by atoms with E-state index >= 15 is 0 Å². The average Bonchev–Trinajstić information content (AvgIpc) is 2.92. The number of phenolic OH excluding ortho intramolecular Hbond substituents is 2. The monoisotopic (exact) mass is 354 g/mol. The van der Waals surface area contributed by atoms with Crippen LogP contribution in [0.1, 0.15) is 11.1 Å². The summed E-state index contributed by atoms with van der Waals surface area (Å²) in [5.74, 6) is -2.55. The summed E-state index contributed by atoms with van der Waals surface area (Å²) in [5.41, 5.74) is 0.304. The molecule has 3 N–H and O–H groups in total. The van der Waals surface area contributed by atoms with Crippen LogP contribution in [0.4, 0.5) is 0 Å². The Labute approximate surface area is 148 Å². The molecule has 0 aliphatic carbocycles. The highest BCUT2D eigenvalue weighted by atomic mass is 16.6. The third kappa shape index (κ3) is 2.98. The molecule has 1 aliphatic rings. The van der Waals surface area contributed by atoms with Gasteiger partial charge in [-0.2, -0.15) is 0 Å². The molecule has 132 valence electrons. The number of cyclic esters (lactones) is 1. The predicted octanol–water partition coefficient (Wildman–Crippen LogP) is 2.51. The number of carbonyl (C=O) groups is 2. The van der Waals surface area contributed by atoms with Gasteiger partial charge < -0.3 is 24.8 Å². The average molecular weight is 354 g/mol. The molecule has 2 aromatic rings. The van der Waals surface area contributed by atoms with E-state index in [4.69, 9.17) is 9.47 Å². The van der Waals surface area contributed by atoms with E-state index in [1.807, 2.05) is 0 Å². The molecule has 2 aromatic carbocycles. The third-order valence-electron chi connectivity index (χ3n) is 3.78. The van der Waals surface area contributed by atoms with Crippen molar-refractivity contribution in [3.8, 4) is 11.5 Å². The Morgan fingerprint density at radius 2 is 1.46 bits per heavy atom. The van der Waals surface area contributed by atoms with Crippen molar-refractivity contribution in [1.82, 2.24) is 0 Å². The zero-order valence-electron chi connectivity index (χ0n) is 13.6. The second kappa shape index (κ2) is 6.64. The van der Waals surface area contributed by atoms with Gasteiger partial charge in [-0.1, -0.05) is 24.3 Å². The van der Waals surface area contributed by atoms with Crippen molar-refractivity contribution in [2.75, 3.05) is 7.11 Å². The van der Waals surface area contributed by atoms with E-state index in [0.29, 0.717) is 5.56 Å². The van der Waals surface area contributed by atoms with Crippen LogP contribution in [-0.2, 0) is 19.1 Å². The largest absolute Gasteiger partial charge is 0.508 e. The fraction of sp³-hybridized carbons (Fsp3) is 0.0526. The van der Waals surface area contributed by atoms with Gasteiger partial charge in [0.15, 0.2) is 11.5 Å². The smallest absolute Gasteiger partial charge is 0.348 e. The van der Waals surface area contributed by atoms with Crippen molar-refractivity contribution in [3.63, 3.8) is 0 Å². The van der Waals surface area contributed by atoms with Crippen LogP contribution in [0.3, 0.4) is 0 Å². The first-order valence-electron chi connectivity index (χ1n) is 7.49. The molecule has 1 aliphatic heterocycles. The van der Waals surface area contributed by atoms with Crippen molar-refractivity contribution in [1.29, 1.82) is 0 Å². The number of esters is 2. The molecular weight excluding hydrogens is 340 g/mol. The van der Waals surface area contributed by atoms with Gasteiger partial charge in [0.2, 0.25) is 0 Å². The molecule has 26 heavy (non-hydrogen) atoms. The summed E-state index contributed by atoms with van der Waals surface area (Å²) in [7, 11) is 1.15. The second-order valence-electron chi connectivity index (χ2n) is 5.40. The standard InChI is InChI=1S/C19H14O7/c1-25-18(23)15(11-4-8-13(21)9-5-11)17-16(22)14(19(24)26-17)10-2-6-12(20)7-3-10/h2-9,20-22H,1H3/b17-15-. The number of hydrogen-bond acceptors (Lipinski definition) is 7. The molecule has 0 radical (unpaired) electrons. The number of rotatable bonds is 3. The lowest BCUT2D eigenvalue weighted by Crippen LogP contribution is -2.09. The van der Waals surface area contributed by atoms with Gasteiger partial charge in [0, 0.05) is 0 Å². The fourth-order valence-electron chi connectivity index (χ4n) is 2.53. The lowest BCUT2D eigenvalue weighted by molar-refractivity contribution is -0.134. The third-order valence-corrected chi connectivity index (χ3v) is 3.78. The van der Waals surface area contributed by atoms with Crippen LogP contribution < -0.4 is 0 Å². The molecule has 0 saturated carbocycles. The SMILES string of the molecule is COC(=O)/C(=C1\OC(=O)C(c2ccc(O)cc2)=C1O)c1ccc(O)cc1. The van der Waals surface area contributed by atoms with Crippen LogP contribution >= 0.6 is 0 Å². The molecule has 3 rings (SSSR count). The Balaban J connectivity index is 2.20. The highest BCUT2D eigenvalue weighted by Crippen LogP contribution is 2.37. The van der Waals surface area contributed by atoms with E-state index in [1.54, 1.807) is 0 Å². The van der Waals surface area contributed by atoms with E-state index < -0.39 is 17.7 Å². The molecule has 7 heteroatoms. The Morgan fingerprint density at radius 3 is 2.00 bits per heavy atom. The number of carbonyl (C=O) groups excluding carboxylic acids is 2. The number of methoxy groups -OCH3 is 1. The van der Waals surface area contributed by atoms with Crippen LogP contribution in [0.25, 0.3) is 11.1 Å². The van der Waals surface area contributed by atoms with Crippen LogP contribution in [-0.4, -0.2) is 34.4 Å². The minimum atomic E-state index is -0.844. The van der Waals surface area contributed by atoms with E-state index in [9.17, 15) is 24.9 Å². The molecule has 0 atom stereocenters. The highest BCUT2D eigenvalue weighted by Gasteiger charge is 2.36. The molecule has 1 heterocycles. The van der Waals surface area contributed by atoms with Crippen molar-refractivity contribution >= 4 is 23.1 Å². The van der Waals surface area contributed by atoms with Crippen LogP contribution in [0.2, 0.25) is 0 Å². The molecule has 0 bridgehead atoms. The molecule has 7 nitrogen and oxygen atoms in total. The second-order valence-corrected chi connectivity index (χ2v) is 5.40. The van der Waals surface area contributed by atoms with Gasteiger partial charge in [-0.15, -0.1) is 0 Å². The topological polar surface area (TPSA) is 113 Å². The maximum Gasteiger partial charge on any atom is 0.348 e. The highest BCUT2D eigenvalue weighted by molar-refractivity contribution is 6.25. The maximum atomic E-state index is 12.3. The first kappa shape index (κ1) is 17.1. The molecule has 0 fully saturated rings. The summed E-state index contributed by atoms with van der Waals surface area (Å²) < 4.78 is 9.86. The first-order chi connectivity index (χ1) is 12.4. The fourth-order valence-corrected chi connectivity index (χ4v) is 2.53. The molecule has 0 amide bonds. The Kier molecular flexibility index (Phi) is 4.36. The number of aromatic hydroxyl groups is 2. The van der Waals surface area contributed by atoms with Gasteiger partial charge >= 0.3 is 11.9 Å². The lowest BCUT2D eigenvalue weighted by atomic mass is 10.0. The number of aliphatic hydroxyl groups excluding tert-OH is 1. The summed E-state index contributed by atoms with van der Waals surface area (Å²) in [4.78, 5) is 24.5. The Hall–Kier alpha value is -3.74. The summed E-state index contributed by atoms with van der Waals surface area (Å²) in [6.45, 7) is 0. The molecule has 0 aromatic heterocycles. The Bertz CT molecular complexity index is 935. The van der Waals surface area contributed by atoms with E-state index in [1.165, 1.54) is 48.5 Å². The van der Waals surface area contributed by atoms with E-state index in [-0.39, 0.29) is 34.0 Å². The summed E-state index contributed by atoms with van der Waals surface area (Å²) in [6.07, 6.45) is 0. The van der Waals surface area contributed by atoms with Crippen molar-refractivity contribution in [2.24, 2.45) is 0 Å². The minimum Gasteiger partial charge on any atom is -0.508 e.